The van der Waals surface area contributed by atoms with Crippen molar-refractivity contribution in [1.82, 2.24) is 5.43 Å². The third-order valence-electron chi connectivity index (χ3n) is 2.85. The number of benzene rings is 2. The highest BCUT2D eigenvalue weighted by atomic mass is 79.9. The van der Waals surface area contributed by atoms with E-state index in [-0.39, 0.29) is 11.7 Å². The smallest absolute Gasteiger partial charge is 0.271 e. The Labute approximate surface area is 150 Å². The fraction of sp³-hybridized carbons (Fsp3) is 0.125. The monoisotopic (exact) mass is 440 g/mol. The Hall–Kier alpha value is -1.86. The maximum absolute atomic E-state index is 12.0. The molecule has 2 aromatic rings. The van der Waals surface area contributed by atoms with E-state index < -0.39 is 0 Å². The highest BCUT2D eigenvalue weighted by Crippen LogP contribution is 2.30. The van der Waals surface area contributed by atoms with E-state index in [9.17, 15) is 9.90 Å². The molecule has 0 aliphatic carbocycles. The molecule has 0 aliphatic heterocycles. The van der Waals surface area contributed by atoms with Gasteiger partial charge >= 0.3 is 0 Å². The highest BCUT2D eigenvalue weighted by Gasteiger charge is 2.07. The van der Waals surface area contributed by atoms with Crippen LogP contribution in [-0.4, -0.2) is 23.8 Å². The molecule has 2 rings (SSSR count). The van der Waals surface area contributed by atoms with Crippen LogP contribution in [0.2, 0.25) is 0 Å². The average molecular weight is 442 g/mol. The third-order valence-corrected chi connectivity index (χ3v) is 3.92. The molecule has 0 aromatic heterocycles. The molecule has 0 heterocycles. The van der Waals surface area contributed by atoms with Crippen LogP contribution in [0.3, 0.4) is 0 Å². The Bertz CT molecular complexity index is 731. The number of phenolic OH excluding ortho intramolecular Hbond substituents is 1. The molecule has 0 fully saturated rings. The summed E-state index contributed by atoms with van der Waals surface area (Å²) in [6, 6.07) is 10.2. The maximum Gasteiger partial charge on any atom is 0.271 e. The molecule has 120 valence electrons. The zero-order chi connectivity index (χ0) is 16.8. The number of carbonyl (C=O) groups excluding carboxylic acids is 1. The van der Waals surface area contributed by atoms with Gasteiger partial charge in [-0.25, -0.2) is 5.43 Å². The largest absolute Gasteiger partial charge is 0.506 e. The predicted octanol–water partition coefficient (Wildman–Crippen LogP) is 4.08. The van der Waals surface area contributed by atoms with Crippen molar-refractivity contribution in [3.05, 3.63) is 56.5 Å². The Morgan fingerprint density at radius 3 is 2.65 bits per heavy atom. The molecule has 0 saturated heterocycles. The van der Waals surface area contributed by atoms with E-state index in [1.807, 2.05) is 6.92 Å². The topological polar surface area (TPSA) is 70.9 Å². The van der Waals surface area contributed by atoms with E-state index in [0.717, 1.165) is 4.47 Å². The van der Waals surface area contributed by atoms with Gasteiger partial charge in [-0.3, -0.25) is 4.79 Å². The van der Waals surface area contributed by atoms with Gasteiger partial charge in [-0.15, -0.1) is 0 Å². The maximum atomic E-state index is 12.0. The molecule has 1 amide bonds. The lowest BCUT2D eigenvalue weighted by atomic mass is 10.2. The highest BCUT2D eigenvalue weighted by molar-refractivity contribution is 9.11. The van der Waals surface area contributed by atoms with Crippen LogP contribution in [0.4, 0.5) is 0 Å². The van der Waals surface area contributed by atoms with Gasteiger partial charge < -0.3 is 9.84 Å². The van der Waals surface area contributed by atoms with Crippen LogP contribution in [0.1, 0.15) is 22.8 Å². The van der Waals surface area contributed by atoms with Crippen LogP contribution in [0.5, 0.6) is 11.5 Å². The van der Waals surface area contributed by atoms with Crippen molar-refractivity contribution in [2.24, 2.45) is 5.10 Å². The minimum Gasteiger partial charge on any atom is -0.506 e. The van der Waals surface area contributed by atoms with Crippen LogP contribution in [-0.2, 0) is 0 Å². The number of halogens is 2. The summed E-state index contributed by atoms with van der Waals surface area (Å²) < 4.78 is 6.63. The van der Waals surface area contributed by atoms with Gasteiger partial charge in [-0.05, 0) is 59.3 Å². The molecule has 2 N–H and O–H groups in total. The lowest BCUT2D eigenvalue weighted by Gasteiger charge is -2.05. The Morgan fingerprint density at radius 2 is 2.00 bits per heavy atom. The molecule has 0 unspecified atom stereocenters. The lowest BCUT2D eigenvalue weighted by molar-refractivity contribution is 0.0955. The fourth-order valence-electron chi connectivity index (χ4n) is 1.78. The zero-order valence-corrected chi connectivity index (χ0v) is 15.4. The Morgan fingerprint density at radius 1 is 1.30 bits per heavy atom. The van der Waals surface area contributed by atoms with E-state index in [1.54, 1.807) is 36.4 Å². The van der Waals surface area contributed by atoms with Gasteiger partial charge in [-0.1, -0.05) is 15.9 Å². The Balaban J connectivity index is 2.04. The number of aromatic hydroxyl groups is 1. The standard InChI is InChI=1S/C16H14Br2N2O3/c1-2-23-13-5-3-10(4-6-13)16(22)20-19-9-11-7-12(17)8-14(18)15(11)21/h3-9,21H,2H2,1H3,(H,20,22). The van der Waals surface area contributed by atoms with Gasteiger partial charge in [0.25, 0.3) is 5.91 Å². The van der Waals surface area contributed by atoms with Crippen molar-refractivity contribution in [1.29, 1.82) is 0 Å². The number of hydrogen-bond donors (Lipinski definition) is 2. The van der Waals surface area contributed by atoms with Gasteiger partial charge in [0.05, 0.1) is 17.3 Å². The van der Waals surface area contributed by atoms with E-state index in [2.05, 4.69) is 42.4 Å². The molecule has 0 spiro atoms. The lowest BCUT2D eigenvalue weighted by Crippen LogP contribution is -2.17. The first-order valence-electron chi connectivity index (χ1n) is 6.75. The van der Waals surface area contributed by atoms with Crippen LogP contribution in [0, 0.1) is 0 Å². The molecule has 0 atom stereocenters. The molecule has 5 nitrogen and oxygen atoms in total. The second-order valence-corrected chi connectivity index (χ2v) is 6.25. The fourth-order valence-corrected chi connectivity index (χ4v) is 3.04. The summed E-state index contributed by atoms with van der Waals surface area (Å²) in [5.41, 5.74) is 3.35. The average Bonchev–Trinajstić information content (AvgIpc) is 2.53. The van der Waals surface area contributed by atoms with Crippen molar-refractivity contribution < 1.29 is 14.6 Å². The summed E-state index contributed by atoms with van der Waals surface area (Å²) in [6.45, 7) is 2.46. The SMILES string of the molecule is CCOc1ccc(C(=O)NN=Cc2cc(Br)cc(Br)c2O)cc1. The minimum atomic E-state index is -0.349. The summed E-state index contributed by atoms with van der Waals surface area (Å²) >= 11 is 6.56. The van der Waals surface area contributed by atoms with E-state index in [4.69, 9.17) is 4.74 Å². The van der Waals surface area contributed by atoms with E-state index in [0.29, 0.717) is 28.0 Å². The molecular weight excluding hydrogens is 428 g/mol. The number of hydrogen-bond acceptors (Lipinski definition) is 4. The minimum absolute atomic E-state index is 0.0484. The summed E-state index contributed by atoms with van der Waals surface area (Å²) in [6.07, 6.45) is 1.37. The summed E-state index contributed by atoms with van der Waals surface area (Å²) in [7, 11) is 0. The molecule has 0 aliphatic rings. The van der Waals surface area contributed by atoms with E-state index in [1.165, 1.54) is 6.21 Å². The Kier molecular flexibility index (Phi) is 6.18. The second kappa shape index (κ2) is 8.12. The van der Waals surface area contributed by atoms with Gasteiger partial charge in [0.2, 0.25) is 0 Å². The summed E-state index contributed by atoms with van der Waals surface area (Å²) in [5.74, 6) is 0.404. The predicted molar refractivity (Wildman–Crippen MR) is 96.2 cm³/mol. The van der Waals surface area contributed by atoms with Crippen molar-refractivity contribution in [3.63, 3.8) is 0 Å². The zero-order valence-electron chi connectivity index (χ0n) is 12.2. The normalized spacial score (nSPS) is 10.7. The quantitative estimate of drug-likeness (QED) is 0.542. The molecule has 2 aromatic carbocycles. The van der Waals surface area contributed by atoms with Gasteiger partial charge in [0.1, 0.15) is 11.5 Å². The molecule has 0 bridgehead atoms. The van der Waals surface area contributed by atoms with E-state index >= 15 is 0 Å². The molecule has 7 heteroatoms. The first kappa shape index (κ1) is 17.5. The number of hydrazone groups is 1. The first-order valence-corrected chi connectivity index (χ1v) is 8.34. The molecule has 0 saturated carbocycles. The number of nitrogens with one attached hydrogen (secondary N) is 1. The van der Waals surface area contributed by atoms with Gasteiger partial charge in [0.15, 0.2) is 0 Å². The number of nitrogens with zero attached hydrogens (tertiary/aromatic N) is 1. The summed E-state index contributed by atoms with van der Waals surface area (Å²) in [5, 5.41) is 13.8. The van der Waals surface area contributed by atoms with Crippen LogP contribution in [0.15, 0.2) is 50.4 Å². The van der Waals surface area contributed by atoms with Crippen LogP contribution < -0.4 is 10.2 Å². The second-order valence-electron chi connectivity index (χ2n) is 4.48. The number of amides is 1. The first-order chi connectivity index (χ1) is 11.0. The van der Waals surface area contributed by atoms with Crippen molar-refractivity contribution in [2.75, 3.05) is 6.61 Å². The van der Waals surface area contributed by atoms with Crippen molar-refractivity contribution in [2.45, 2.75) is 6.92 Å². The molecular formula is C16H14Br2N2O3. The van der Waals surface area contributed by atoms with Crippen LogP contribution in [0.25, 0.3) is 0 Å². The third kappa shape index (κ3) is 4.80. The number of phenols is 1. The van der Waals surface area contributed by atoms with Gasteiger partial charge in [0, 0.05) is 15.6 Å². The number of rotatable bonds is 5. The van der Waals surface area contributed by atoms with Crippen molar-refractivity contribution >= 4 is 44.0 Å². The van der Waals surface area contributed by atoms with Crippen LogP contribution >= 0.6 is 31.9 Å². The molecule has 23 heavy (non-hydrogen) atoms. The summed E-state index contributed by atoms with van der Waals surface area (Å²) in [4.78, 5) is 12.0. The van der Waals surface area contributed by atoms with Crippen molar-refractivity contribution in [3.8, 4) is 11.5 Å². The van der Waals surface area contributed by atoms with Gasteiger partial charge in [-0.2, -0.15) is 5.10 Å². The number of ether oxygens (including phenoxy) is 1. The molecule has 0 radical (unpaired) electrons. The number of carbonyl (C=O) groups is 1.